The van der Waals surface area contributed by atoms with Crippen LogP contribution in [0, 0.1) is 0 Å². The molecule has 13 heavy (non-hydrogen) atoms. The molecule has 0 unspecified atom stereocenters. The Kier molecular flexibility index (Phi) is 3.09. The Labute approximate surface area is 76.5 Å². The zero-order valence-electron chi connectivity index (χ0n) is 7.10. The molecule has 0 aromatic heterocycles. The standard InChI is InChI=1S/C10H11NO2/c11-10(13)9(12)7-6-8-4-2-1-3-5-8/h1-5,7,12H,6H2,(H2,11,13)/b9-7-. The van der Waals surface area contributed by atoms with Crippen LogP contribution in [-0.2, 0) is 11.2 Å². The van der Waals surface area contributed by atoms with Crippen molar-refractivity contribution in [1.29, 1.82) is 0 Å². The summed E-state index contributed by atoms with van der Waals surface area (Å²) in [6.45, 7) is 0. The summed E-state index contributed by atoms with van der Waals surface area (Å²) in [6, 6.07) is 9.51. The Bertz CT molecular complexity index is 317. The van der Waals surface area contributed by atoms with Gasteiger partial charge in [-0.05, 0) is 18.1 Å². The summed E-state index contributed by atoms with van der Waals surface area (Å²) >= 11 is 0. The van der Waals surface area contributed by atoms with Crippen LogP contribution in [0.1, 0.15) is 5.56 Å². The second-order valence-corrected chi connectivity index (χ2v) is 2.64. The Hall–Kier alpha value is -1.77. The van der Waals surface area contributed by atoms with Gasteiger partial charge in [0.05, 0.1) is 0 Å². The van der Waals surface area contributed by atoms with Crippen molar-refractivity contribution >= 4 is 5.91 Å². The molecular weight excluding hydrogens is 166 g/mol. The van der Waals surface area contributed by atoms with Crippen molar-refractivity contribution in [2.75, 3.05) is 0 Å². The highest BCUT2D eigenvalue weighted by Crippen LogP contribution is 2.01. The van der Waals surface area contributed by atoms with E-state index in [4.69, 9.17) is 10.8 Å². The van der Waals surface area contributed by atoms with Gasteiger partial charge in [-0.1, -0.05) is 30.3 Å². The van der Waals surface area contributed by atoms with E-state index in [9.17, 15) is 4.79 Å². The Balaban J connectivity index is 2.62. The average Bonchev–Trinajstić information content (AvgIpc) is 2.15. The van der Waals surface area contributed by atoms with Gasteiger partial charge in [0.2, 0.25) is 0 Å². The molecule has 3 N–H and O–H groups in total. The van der Waals surface area contributed by atoms with Gasteiger partial charge in [-0.15, -0.1) is 0 Å². The van der Waals surface area contributed by atoms with Gasteiger partial charge in [-0.3, -0.25) is 4.79 Å². The third kappa shape index (κ3) is 2.99. The molecule has 0 aliphatic heterocycles. The highest BCUT2D eigenvalue weighted by Gasteiger charge is 1.99. The largest absolute Gasteiger partial charge is 0.503 e. The minimum absolute atomic E-state index is 0.385. The number of allylic oxidation sites excluding steroid dienone is 1. The molecule has 1 rings (SSSR count). The lowest BCUT2D eigenvalue weighted by atomic mass is 10.1. The molecule has 0 aliphatic rings. The van der Waals surface area contributed by atoms with Crippen LogP contribution in [0.2, 0.25) is 0 Å². The number of hydrogen-bond acceptors (Lipinski definition) is 2. The maximum absolute atomic E-state index is 10.4. The van der Waals surface area contributed by atoms with E-state index in [1.807, 2.05) is 30.3 Å². The molecule has 0 heterocycles. The number of rotatable bonds is 3. The molecule has 3 nitrogen and oxygen atoms in total. The summed E-state index contributed by atoms with van der Waals surface area (Å²) < 4.78 is 0. The van der Waals surface area contributed by atoms with Gasteiger partial charge in [0.1, 0.15) is 0 Å². The van der Waals surface area contributed by atoms with Gasteiger partial charge < -0.3 is 10.8 Å². The van der Waals surface area contributed by atoms with Gasteiger partial charge in [-0.2, -0.15) is 0 Å². The fraction of sp³-hybridized carbons (Fsp3) is 0.100. The van der Waals surface area contributed by atoms with Crippen LogP contribution in [0.25, 0.3) is 0 Å². The molecule has 1 aromatic carbocycles. The van der Waals surface area contributed by atoms with E-state index in [1.54, 1.807) is 0 Å². The summed E-state index contributed by atoms with van der Waals surface area (Å²) in [7, 11) is 0. The molecule has 0 saturated carbocycles. The van der Waals surface area contributed by atoms with Crippen LogP contribution in [0.15, 0.2) is 42.2 Å². The maximum Gasteiger partial charge on any atom is 0.283 e. The Morgan fingerprint density at radius 1 is 1.38 bits per heavy atom. The average molecular weight is 177 g/mol. The van der Waals surface area contributed by atoms with Crippen molar-refractivity contribution in [3.8, 4) is 0 Å². The van der Waals surface area contributed by atoms with Crippen molar-refractivity contribution in [3.63, 3.8) is 0 Å². The van der Waals surface area contributed by atoms with Crippen LogP contribution >= 0.6 is 0 Å². The fourth-order valence-corrected chi connectivity index (χ4v) is 0.929. The Morgan fingerprint density at radius 2 is 2.00 bits per heavy atom. The number of carbonyl (C=O) groups excluding carboxylic acids is 1. The lowest BCUT2D eigenvalue weighted by Gasteiger charge is -1.95. The van der Waals surface area contributed by atoms with Gasteiger partial charge in [0.15, 0.2) is 5.76 Å². The third-order valence-electron chi connectivity index (χ3n) is 1.63. The molecule has 0 radical (unpaired) electrons. The molecule has 1 aromatic rings. The number of amides is 1. The predicted molar refractivity (Wildman–Crippen MR) is 50.1 cm³/mol. The van der Waals surface area contributed by atoms with Gasteiger partial charge in [-0.25, -0.2) is 0 Å². The van der Waals surface area contributed by atoms with E-state index in [0.29, 0.717) is 6.42 Å². The van der Waals surface area contributed by atoms with Crippen molar-refractivity contribution in [2.45, 2.75) is 6.42 Å². The van der Waals surface area contributed by atoms with Crippen LogP contribution in [-0.4, -0.2) is 11.0 Å². The quantitative estimate of drug-likeness (QED) is 0.537. The molecule has 0 saturated heterocycles. The SMILES string of the molecule is NC(=O)/C(O)=C/Cc1ccccc1. The zero-order valence-corrected chi connectivity index (χ0v) is 7.10. The first-order chi connectivity index (χ1) is 6.20. The lowest BCUT2D eigenvalue weighted by molar-refractivity contribution is -0.116. The molecule has 68 valence electrons. The van der Waals surface area contributed by atoms with E-state index in [0.717, 1.165) is 5.56 Å². The van der Waals surface area contributed by atoms with Gasteiger partial charge in [0, 0.05) is 0 Å². The van der Waals surface area contributed by atoms with Crippen LogP contribution in [0.4, 0.5) is 0 Å². The number of hydrogen-bond donors (Lipinski definition) is 2. The predicted octanol–water partition coefficient (Wildman–Crippen LogP) is 1.16. The number of primary amides is 1. The molecular formula is C10H11NO2. The fourth-order valence-electron chi connectivity index (χ4n) is 0.929. The summed E-state index contributed by atoms with van der Waals surface area (Å²) in [6.07, 6.45) is 1.91. The first kappa shape index (κ1) is 9.32. The highest BCUT2D eigenvalue weighted by molar-refractivity contribution is 5.89. The van der Waals surface area contributed by atoms with E-state index in [1.165, 1.54) is 6.08 Å². The first-order valence-corrected chi connectivity index (χ1v) is 3.93. The summed E-state index contributed by atoms with van der Waals surface area (Å²) in [5.74, 6) is -1.18. The van der Waals surface area contributed by atoms with E-state index < -0.39 is 5.91 Å². The molecule has 0 aliphatic carbocycles. The second-order valence-electron chi connectivity index (χ2n) is 2.64. The number of benzene rings is 1. The zero-order chi connectivity index (χ0) is 9.68. The lowest BCUT2D eigenvalue weighted by Crippen LogP contribution is -2.13. The molecule has 0 spiro atoms. The maximum atomic E-state index is 10.4. The van der Waals surface area contributed by atoms with Crippen molar-refractivity contribution in [3.05, 3.63) is 47.7 Å². The number of aliphatic hydroxyl groups excluding tert-OH is 1. The van der Waals surface area contributed by atoms with Crippen molar-refractivity contribution < 1.29 is 9.90 Å². The molecule has 1 amide bonds. The third-order valence-corrected chi connectivity index (χ3v) is 1.63. The highest BCUT2D eigenvalue weighted by atomic mass is 16.3. The molecule has 0 fully saturated rings. The minimum atomic E-state index is -0.795. The molecule has 0 atom stereocenters. The van der Waals surface area contributed by atoms with E-state index in [-0.39, 0.29) is 5.76 Å². The number of carbonyl (C=O) groups is 1. The summed E-state index contributed by atoms with van der Waals surface area (Å²) in [5.41, 5.74) is 5.87. The van der Waals surface area contributed by atoms with E-state index >= 15 is 0 Å². The minimum Gasteiger partial charge on any atom is -0.503 e. The summed E-state index contributed by atoms with van der Waals surface area (Å²) in [4.78, 5) is 10.4. The normalized spacial score (nSPS) is 11.2. The van der Waals surface area contributed by atoms with Crippen LogP contribution < -0.4 is 5.73 Å². The number of aliphatic hydroxyl groups is 1. The van der Waals surface area contributed by atoms with E-state index in [2.05, 4.69) is 0 Å². The second kappa shape index (κ2) is 4.30. The first-order valence-electron chi connectivity index (χ1n) is 3.93. The van der Waals surface area contributed by atoms with Gasteiger partial charge >= 0.3 is 0 Å². The van der Waals surface area contributed by atoms with Crippen LogP contribution in [0.5, 0.6) is 0 Å². The molecule has 3 heteroatoms. The monoisotopic (exact) mass is 177 g/mol. The Morgan fingerprint density at radius 3 is 2.54 bits per heavy atom. The number of nitrogens with two attached hydrogens (primary N) is 1. The van der Waals surface area contributed by atoms with Crippen molar-refractivity contribution in [2.24, 2.45) is 5.73 Å². The van der Waals surface area contributed by atoms with Crippen LogP contribution in [0.3, 0.4) is 0 Å². The smallest absolute Gasteiger partial charge is 0.283 e. The van der Waals surface area contributed by atoms with Crippen molar-refractivity contribution in [1.82, 2.24) is 0 Å². The summed E-state index contributed by atoms with van der Waals surface area (Å²) in [5, 5.41) is 8.97. The topological polar surface area (TPSA) is 63.3 Å². The molecule has 0 bridgehead atoms. The van der Waals surface area contributed by atoms with Gasteiger partial charge in [0.25, 0.3) is 5.91 Å².